The van der Waals surface area contributed by atoms with Gasteiger partial charge in [0.15, 0.2) is 5.69 Å². The van der Waals surface area contributed by atoms with Crippen molar-refractivity contribution >= 4 is 45.8 Å². The van der Waals surface area contributed by atoms with Crippen molar-refractivity contribution < 1.29 is 14.3 Å². The molecule has 2 aromatic heterocycles. The lowest BCUT2D eigenvalue weighted by Crippen LogP contribution is -2.37. The number of esters is 1. The van der Waals surface area contributed by atoms with Crippen molar-refractivity contribution in [1.82, 2.24) is 19.4 Å². The van der Waals surface area contributed by atoms with Gasteiger partial charge in [0, 0.05) is 40.7 Å². The number of amides is 1. The lowest BCUT2D eigenvalue weighted by atomic mass is 9.97. The summed E-state index contributed by atoms with van der Waals surface area (Å²) in [7, 11) is 0. The number of hydrogen-bond donors (Lipinski definition) is 0. The summed E-state index contributed by atoms with van der Waals surface area (Å²) in [5.41, 5.74) is 3.64. The monoisotopic (exact) mass is 494 g/mol. The molecule has 0 bridgehead atoms. The van der Waals surface area contributed by atoms with Crippen molar-refractivity contribution in [3.05, 3.63) is 75.5 Å². The number of imidazole rings is 1. The lowest BCUT2D eigenvalue weighted by Gasteiger charge is -2.31. The van der Waals surface area contributed by atoms with Crippen molar-refractivity contribution in [2.24, 2.45) is 0 Å². The molecule has 5 rings (SSSR count). The van der Waals surface area contributed by atoms with Crippen LogP contribution in [0.25, 0.3) is 16.7 Å². The van der Waals surface area contributed by atoms with Gasteiger partial charge in [0.1, 0.15) is 6.33 Å². The molecule has 1 fully saturated rings. The fraction of sp³-hybridized carbons (Fsp3) is 0.280. The van der Waals surface area contributed by atoms with E-state index in [1.54, 1.807) is 18.6 Å². The van der Waals surface area contributed by atoms with Crippen molar-refractivity contribution in [1.29, 1.82) is 0 Å². The predicted octanol–water partition coefficient (Wildman–Crippen LogP) is 5.33. The minimum absolute atomic E-state index is 0.00978. The molecule has 0 unspecified atom stereocenters. The third-order valence-electron chi connectivity index (χ3n) is 6.04. The fourth-order valence-electron chi connectivity index (χ4n) is 4.23. The Balaban J connectivity index is 1.29. The van der Waals surface area contributed by atoms with Crippen molar-refractivity contribution in [2.75, 3.05) is 19.7 Å². The predicted molar refractivity (Wildman–Crippen MR) is 132 cm³/mol. The second kappa shape index (κ2) is 9.56. The van der Waals surface area contributed by atoms with E-state index in [0.29, 0.717) is 36.0 Å². The van der Waals surface area contributed by atoms with Gasteiger partial charge in [0.05, 0.1) is 22.6 Å². The molecule has 4 aromatic rings. The van der Waals surface area contributed by atoms with Gasteiger partial charge in [-0.05, 0) is 62.2 Å². The summed E-state index contributed by atoms with van der Waals surface area (Å²) >= 11 is 7.51. The van der Waals surface area contributed by atoms with Crippen LogP contribution in [0.5, 0.6) is 0 Å². The first-order valence-electron chi connectivity index (χ1n) is 11.2. The van der Waals surface area contributed by atoms with Crippen molar-refractivity contribution in [2.45, 2.75) is 25.7 Å². The molecule has 0 spiro atoms. The van der Waals surface area contributed by atoms with Gasteiger partial charge in [-0.3, -0.25) is 9.36 Å². The Morgan fingerprint density at radius 2 is 1.91 bits per heavy atom. The summed E-state index contributed by atoms with van der Waals surface area (Å²) in [6.45, 7) is 3.40. The zero-order valence-electron chi connectivity index (χ0n) is 18.6. The second-order valence-corrected chi connectivity index (χ2v) is 9.48. The molecule has 3 heterocycles. The zero-order chi connectivity index (χ0) is 23.7. The SMILES string of the molecule is CCOC(=O)c1csc(C2CCN(C(=O)c3ccc4ncn(-c5ccc(Cl)cc5)c4c3)CC2)n1. The first-order chi connectivity index (χ1) is 16.5. The van der Waals surface area contributed by atoms with E-state index in [9.17, 15) is 9.59 Å². The molecule has 7 nitrogen and oxygen atoms in total. The number of likely N-dealkylation sites (tertiary alicyclic amines) is 1. The zero-order valence-corrected chi connectivity index (χ0v) is 20.2. The highest BCUT2D eigenvalue weighted by atomic mass is 35.5. The molecule has 1 aliphatic rings. The van der Waals surface area contributed by atoms with E-state index in [0.717, 1.165) is 34.6 Å². The Labute approximate surface area is 206 Å². The quantitative estimate of drug-likeness (QED) is 0.350. The summed E-state index contributed by atoms with van der Waals surface area (Å²) in [6.07, 6.45) is 3.38. The highest BCUT2D eigenvalue weighted by molar-refractivity contribution is 7.09. The molecule has 0 radical (unpaired) electrons. The molecular weight excluding hydrogens is 472 g/mol. The molecule has 0 saturated carbocycles. The van der Waals surface area contributed by atoms with E-state index in [1.165, 1.54) is 11.3 Å². The van der Waals surface area contributed by atoms with Crippen LogP contribution in [0.1, 0.15) is 51.5 Å². The highest BCUT2D eigenvalue weighted by Crippen LogP contribution is 2.31. The van der Waals surface area contributed by atoms with Crippen LogP contribution in [-0.2, 0) is 4.74 Å². The highest BCUT2D eigenvalue weighted by Gasteiger charge is 2.27. The summed E-state index contributed by atoms with van der Waals surface area (Å²) in [5.74, 6) is -0.132. The van der Waals surface area contributed by atoms with Gasteiger partial charge < -0.3 is 9.64 Å². The van der Waals surface area contributed by atoms with E-state index < -0.39 is 0 Å². The second-order valence-electron chi connectivity index (χ2n) is 8.15. The summed E-state index contributed by atoms with van der Waals surface area (Å²) < 4.78 is 6.99. The number of fused-ring (bicyclic) bond motifs is 1. The third kappa shape index (κ3) is 4.43. The lowest BCUT2D eigenvalue weighted by molar-refractivity contribution is 0.0520. The smallest absolute Gasteiger partial charge is 0.357 e. The van der Waals surface area contributed by atoms with E-state index in [2.05, 4.69) is 9.97 Å². The Morgan fingerprint density at radius 1 is 1.15 bits per heavy atom. The Kier molecular flexibility index (Phi) is 6.34. The van der Waals surface area contributed by atoms with Crippen molar-refractivity contribution in [3.8, 4) is 5.69 Å². The Morgan fingerprint density at radius 3 is 2.65 bits per heavy atom. The average molecular weight is 495 g/mol. The number of piperidine rings is 1. The van der Waals surface area contributed by atoms with Crippen LogP contribution >= 0.6 is 22.9 Å². The first kappa shape index (κ1) is 22.6. The molecule has 1 saturated heterocycles. The van der Waals surface area contributed by atoms with Gasteiger partial charge in [0.2, 0.25) is 0 Å². The normalized spacial score (nSPS) is 14.5. The van der Waals surface area contributed by atoms with Crippen LogP contribution in [0.3, 0.4) is 0 Å². The van der Waals surface area contributed by atoms with Crippen LogP contribution < -0.4 is 0 Å². The Hall–Kier alpha value is -3.23. The maximum absolute atomic E-state index is 13.3. The number of ether oxygens (including phenoxy) is 1. The van der Waals surface area contributed by atoms with Gasteiger partial charge in [-0.15, -0.1) is 11.3 Å². The molecule has 9 heteroatoms. The average Bonchev–Trinajstić information content (AvgIpc) is 3.52. The maximum Gasteiger partial charge on any atom is 0.357 e. The van der Waals surface area contributed by atoms with Crippen LogP contribution in [-0.4, -0.2) is 51.0 Å². The third-order valence-corrected chi connectivity index (χ3v) is 7.30. The molecule has 2 aromatic carbocycles. The van der Waals surface area contributed by atoms with Crippen LogP contribution in [0.2, 0.25) is 5.02 Å². The number of aromatic nitrogens is 3. The molecule has 0 aliphatic carbocycles. The standard InChI is InChI=1S/C25H23ClN4O3S/c1-2-33-25(32)21-14-34-23(28-21)16-9-11-29(12-10-16)24(31)17-3-8-20-22(13-17)30(15-27-20)19-6-4-18(26)5-7-19/h3-8,13-16H,2,9-12H2,1H3. The van der Waals surface area contributed by atoms with E-state index >= 15 is 0 Å². The summed E-state index contributed by atoms with van der Waals surface area (Å²) in [5, 5.41) is 3.36. The number of nitrogens with zero attached hydrogens (tertiary/aromatic N) is 4. The van der Waals surface area contributed by atoms with Gasteiger partial charge in [-0.25, -0.2) is 14.8 Å². The molecule has 34 heavy (non-hydrogen) atoms. The number of halogens is 1. The van der Waals surface area contributed by atoms with E-state index in [1.807, 2.05) is 51.9 Å². The molecule has 1 aliphatic heterocycles. The van der Waals surface area contributed by atoms with Gasteiger partial charge >= 0.3 is 5.97 Å². The van der Waals surface area contributed by atoms with Gasteiger partial charge in [-0.2, -0.15) is 0 Å². The topological polar surface area (TPSA) is 77.3 Å². The van der Waals surface area contributed by atoms with Crippen LogP contribution in [0.15, 0.2) is 54.2 Å². The molecule has 0 atom stereocenters. The molecule has 0 N–H and O–H groups in total. The minimum Gasteiger partial charge on any atom is -0.461 e. The van der Waals surface area contributed by atoms with Crippen molar-refractivity contribution in [3.63, 3.8) is 0 Å². The van der Waals surface area contributed by atoms with Gasteiger partial charge in [-0.1, -0.05) is 11.6 Å². The number of carbonyl (C=O) groups is 2. The molecule has 1 amide bonds. The number of hydrogen-bond acceptors (Lipinski definition) is 6. The summed E-state index contributed by atoms with van der Waals surface area (Å²) in [4.78, 5) is 36.0. The van der Waals surface area contributed by atoms with E-state index in [-0.39, 0.29) is 17.8 Å². The number of carbonyl (C=O) groups excluding carboxylic acids is 2. The molecular formula is C25H23ClN4O3S. The molecule has 174 valence electrons. The minimum atomic E-state index is -0.383. The Bertz CT molecular complexity index is 1340. The van der Waals surface area contributed by atoms with E-state index in [4.69, 9.17) is 16.3 Å². The largest absolute Gasteiger partial charge is 0.461 e. The van der Waals surface area contributed by atoms with Crippen LogP contribution in [0, 0.1) is 0 Å². The number of thiazole rings is 1. The van der Waals surface area contributed by atoms with Crippen LogP contribution in [0.4, 0.5) is 0 Å². The van der Waals surface area contributed by atoms with Gasteiger partial charge in [0.25, 0.3) is 5.91 Å². The maximum atomic E-state index is 13.3. The fourth-order valence-corrected chi connectivity index (χ4v) is 5.32. The summed E-state index contributed by atoms with van der Waals surface area (Å²) in [6, 6.07) is 13.1. The number of benzene rings is 2. The number of rotatable bonds is 5. The first-order valence-corrected chi connectivity index (χ1v) is 12.4.